The van der Waals surface area contributed by atoms with Gasteiger partial charge in [0.1, 0.15) is 0 Å². The summed E-state index contributed by atoms with van der Waals surface area (Å²) in [6.07, 6.45) is 0. The number of anilines is 6. The zero-order valence-electron chi connectivity index (χ0n) is 47.1. The summed E-state index contributed by atoms with van der Waals surface area (Å²) in [5.74, 6) is 0. The van der Waals surface area contributed by atoms with Crippen molar-refractivity contribution in [2.75, 3.05) is 9.80 Å². The summed E-state index contributed by atoms with van der Waals surface area (Å²) >= 11 is 0. The predicted octanol–water partition coefficient (Wildman–Crippen LogP) is 17.4. The van der Waals surface area contributed by atoms with Crippen molar-refractivity contribution >= 4 is 57.2 Å². The summed E-state index contributed by atoms with van der Waals surface area (Å²) in [5, 5.41) is 0. The number of nitrogens with zero attached hydrogens (tertiary/aromatic N) is 2. The van der Waals surface area contributed by atoms with Crippen molar-refractivity contribution in [2.24, 2.45) is 0 Å². The molecular weight excluding hydrogens is 940 g/mol. The van der Waals surface area contributed by atoms with E-state index < -0.39 is 0 Å². The molecule has 0 atom stereocenters. The van der Waals surface area contributed by atoms with Crippen molar-refractivity contribution in [2.45, 2.75) is 96.3 Å². The summed E-state index contributed by atoms with van der Waals surface area (Å²) in [6, 6.07) is 93.9. The molecule has 2 nitrogen and oxygen atoms in total. The van der Waals surface area contributed by atoms with Crippen LogP contribution in [0, 0.1) is 0 Å². The van der Waals surface area contributed by atoms with Gasteiger partial charge in [-0.1, -0.05) is 269 Å². The predicted molar refractivity (Wildman–Crippen MR) is 333 cm³/mol. The maximum absolute atomic E-state index is 2.63. The normalized spacial score (nSPS) is 13.4. The molecule has 10 aromatic carbocycles. The molecule has 0 aliphatic carbocycles. The van der Waals surface area contributed by atoms with Gasteiger partial charge < -0.3 is 9.80 Å². The maximum atomic E-state index is 2.63. The molecular formula is C75H71BN2. The first-order valence-electron chi connectivity index (χ1n) is 28.0. The van der Waals surface area contributed by atoms with Gasteiger partial charge >= 0.3 is 0 Å². The Morgan fingerprint density at radius 2 is 0.462 bits per heavy atom. The fraction of sp³-hybridized carbons (Fsp3) is 0.200. The third kappa shape index (κ3) is 8.42. The van der Waals surface area contributed by atoms with Gasteiger partial charge in [0.2, 0.25) is 0 Å². The van der Waals surface area contributed by atoms with Crippen LogP contribution in [0.3, 0.4) is 0 Å². The summed E-state index contributed by atoms with van der Waals surface area (Å²) in [4.78, 5) is 5.27. The van der Waals surface area contributed by atoms with Gasteiger partial charge in [-0.3, -0.25) is 0 Å². The van der Waals surface area contributed by atoms with Gasteiger partial charge in [-0.2, -0.15) is 0 Å². The topological polar surface area (TPSA) is 6.48 Å². The smallest absolute Gasteiger partial charge is 0.252 e. The average molecular weight is 1010 g/mol. The minimum absolute atomic E-state index is 0.0304. The Balaban J connectivity index is 1.18. The average Bonchev–Trinajstić information content (AvgIpc) is 3.15. The van der Waals surface area contributed by atoms with E-state index in [2.05, 4.69) is 328 Å². The molecule has 78 heavy (non-hydrogen) atoms. The molecule has 10 aromatic rings. The zero-order valence-corrected chi connectivity index (χ0v) is 47.1. The zero-order chi connectivity index (χ0) is 54.2. The highest BCUT2D eigenvalue weighted by Crippen LogP contribution is 2.50. The van der Waals surface area contributed by atoms with Crippen LogP contribution in [0.4, 0.5) is 34.1 Å². The van der Waals surface area contributed by atoms with Gasteiger partial charge in [0, 0.05) is 61.2 Å². The van der Waals surface area contributed by atoms with Gasteiger partial charge in [-0.25, -0.2) is 0 Å². The minimum atomic E-state index is -0.372. The minimum Gasteiger partial charge on any atom is -0.311 e. The van der Waals surface area contributed by atoms with Crippen molar-refractivity contribution in [1.82, 2.24) is 0 Å². The van der Waals surface area contributed by atoms with Gasteiger partial charge in [0.15, 0.2) is 0 Å². The largest absolute Gasteiger partial charge is 0.311 e. The first kappa shape index (κ1) is 50.7. The number of benzene rings is 10. The molecule has 0 bridgehead atoms. The first-order valence-corrected chi connectivity index (χ1v) is 28.0. The Kier molecular flexibility index (Phi) is 12.4. The van der Waals surface area contributed by atoms with Gasteiger partial charge in [0.05, 0.1) is 0 Å². The second kappa shape index (κ2) is 19.1. The monoisotopic (exact) mass is 1010 g/mol. The quantitative estimate of drug-likeness (QED) is 0.113. The molecule has 384 valence electrons. The van der Waals surface area contributed by atoms with E-state index in [1.807, 2.05) is 0 Å². The van der Waals surface area contributed by atoms with Crippen LogP contribution >= 0.6 is 0 Å². The molecule has 0 saturated heterocycles. The lowest BCUT2D eigenvalue weighted by molar-refractivity contribution is 0.617. The number of para-hydroxylation sites is 2. The molecule has 0 saturated carbocycles. The molecule has 0 spiro atoms. The molecule has 12 rings (SSSR count). The van der Waals surface area contributed by atoms with Crippen LogP contribution in [0.15, 0.2) is 249 Å². The summed E-state index contributed by atoms with van der Waals surface area (Å²) in [5.41, 5.74) is 22.2. The van der Waals surface area contributed by atoms with E-state index in [1.54, 1.807) is 0 Å². The first-order chi connectivity index (χ1) is 37.5. The highest BCUT2D eigenvalue weighted by molar-refractivity contribution is 7.00. The van der Waals surface area contributed by atoms with E-state index in [9.17, 15) is 0 Å². The molecule has 0 aromatic heterocycles. The molecule has 0 unspecified atom stereocenters. The molecule has 0 amide bonds. The number of fused-ring (bicyclic) bond motifs is 4. The van der Waals surface area contributed by atoms with Crippen LogP contribution in [-0.2, 0) is 27.1 Å². The number of rotatable bonds is 12. The summed E-state index contributed by atoms with van der Waals surface area (Å²) in [6.45, 7) is 23.9. The lowest BCUT2D eigenvalue weighted by Gasteiger charge is -2.46. The highest BCUT2D eigenvalue weighted by Gasteiger charge is 2.45. The van der Waals surface area contributed by atoms with Crippen LogP contribution in [-0.4, -0.2) is 6.71 Å². The Bertz CT molecular complexity index is 3460. The molecule has 2 aliphatic heterocycles. The fourth-order valence-corrected chi connectivity index (χ4v) is 12.8. The van der Waals surface area contributed by atoms with Crippen molar-refractivity contribution < 1.29 is 0 Å². The Morgan fingerprint density at radius 1 is 0.231 bits per heavy atom. The van der Waals surface area contributed by atoms with Crippen molar-refractivity contribution in [1.29, 1.82) is 0 Å². The second-order valence-corrected chi connectivity index (χ2v) is 24.6. The maximum Gasteiger partial charge on any atom is 0.252 e. The lowest BCUT2D eigenvalue weighted by Crippen LogP contribution is -2.61. The van der Waals surface area contributed by atoms with E-state index in [0.29, 0.717) is 0 Å². The van der Waals surface area contributed by atoms with Gasteiger partial charge in [-0.15, -0.1) is 0 Å². The molecule has 0 fully saturated rings. The van der Waals surface area contributed by atoms with E-state index in [4.69, 9.17) is 0 Å². The van der Waals surface area contributed by atoms with E-state index in [0.717, 1.165) is 11.4 Å². The Labute approximate surface area is 465 Å². The van der Waals surface area contributed by atoms with E-state index in [1.165, 1.54) is 94.8 Å². The number of hydrogen-bond acceptors (Lipinski definition) is 2. The molecule has 2 aliphatic rings. The van der Waals surface area contributed by atoms with E-state index in [-0.39, 0.29) is 33.8 Å². The fourth-order valence-electron chi connectivity index (χ4n) is 12.8. The van der Waals surface area contributed by atoms with Crippen molar-refractivity contribution in [3.05, 3.63) is 304 Å². The van der Waals surface area contributed by atoms with Gasteiger partial charge in [-0.05, 0) is 121 Å². The van der Waals surface area contributed by atoms with Crippen molar-refractivity contribution in [3.8, 4) is 0 Å². The van der Waals surface area contributed by atoms with Crippen LogP contribution < -0.4 is 26.2 Å². The lowest BCUT2D eigenvalue weighted by atomic mass is 9.33. The van der Waals surface area contributed by atoms with Gasteiger partial charge in [0.25, 0.3) is 6.71 Å². The third-order valence-corrected chi connectivity index (χ3v) is 18.3. The van der Waals surface area contributed by atoms with Crippen LogP contribution in [0.1, 0.15) is 125 Å². The highest BCUT2D eigenvalue weighted by atomic mass is 15.2. The molecule has 0 radical (unpaired) electrons. The third-order valence-electron chi connectivity index (χ3n) is 18.3. The van der Waals surface area contributed by atoms with Crippen LogP contribution in [0.5, 0.6) is 0 Å². The molecule has 2 heterocycles. The molecule has 0 N–H and O–H groups in total. The Morgan fingerprint density at radius 3 is 0.731 bits per heavy atom. The summed E-state index contributed by atoms with van der Waals surface area (Å²) < 4.78 is 0. The standard InChI is InChI=1S/C75H71BN2/c1-71(2,52-30-16-11-17-31-52)57-44-58(72(3,4)53-32-18-12-19-33-53)47-62(46-57)77-66-42-28-26-40-64(66)76-65-41-27-29-43-67(65)78(69-51-61(50-68(77)70(69)76)75(9,10)56-38-24-15-25-39-56)63-48-59(73(5,6)54-34-20-13-21-35-54)45-60(49-63)74(7,8)55-36-22-14-23-37-55/h11-51H,1-10H3. The van der Waals surface area contributed by atoms with Crippen LogP contribution in [0.25, 0.3) is 0 Å². The number of hydrogen-bond donors (Lipinski definition) is 0. The van der Waals surface area contributed by atoms with E-state index >= 15 is 0 Å². The van der Waals surface area contributed by atoms with Crippen molar-refractivity contribution in [3.63, 3.8) is 0 Å². The Hall–Kier alpha value is -8.14. The van der Waals surface area contributed by atoms with Crippen LogP contribution in [0.2, 0.25) is 0 Å². The summed E-state index contributed by atoms with van der Waals surface area (Å²) in [7, 11) is 0. The SMILES string of the molecule is CC(C)(c1ccccc1)c1cc(N2c3ccccc3B3c4ccccc4N(c4cc(C(C)(C)c5ccccc5)cc(C(C)(C)c5ccccc5)c4)c4cc(C(C)(C)c5ccccc5)cc2c43)cc(C(C)(C)c2ccccc2)c1. The molecule has 3 heteroatoms. The second-order valence-electron chi connectivity index (χ2n) is 24.6.